The summed E-state index contributed by atoms with van der Waals surface area (Å²) in [5.41, 5.74) is 0. The van der Waals surface area contributed by atoms with Gasteiger partial charge in [0.05, 0.1) is 4.88 Å². The van der Waals surface area contributed by atoms with Crippen LogP contribution in [0.4, 0.5) is 8.78 Å². The fraction of sp³-hybridized carbons (Fsp3) is 0.333. The Kier molecular flexibility index (Phi) is 3.09. The molecule has 0 aliphatic heterocycles. The molecule has 0 fully saturated rings. The third-order valence-corrected chi connectivity index (χ3v) is 3.33. The van der Waals surface area contributed by atoms with Gasteiger partial charge in [-0.05, 0) is 39.0 Å². The summed E-state index contributed by atoms with van der Waals surface area (Å²) < 4.78 is 25.2. The van der Waals surface area contributed by atoms with Crippen molar-refractivity contribution in [2.24, 2.45) is 0 Å². The van der Waals surface area contributed by atoms with Crippen LogP contribution < -0.4 is 0 Å². The summed E-state index contributed by atoms with van der Waals surface area (Å²) in [7, 11) is 0. The second-order valence-corrected chi connectivity index (χ2v) is 4.38. The molecule has 0 saturated heterocycles. The Morgan fingerprint density at radius 3 is 2.58 bits per heavy atom. The van der Waals surface area contributed by atoms with E-state index >= 15 is 0 Å². The number of alkyl halides is 3. The minimum Gasteiger partial charge on any atom is -0.380 e. The molecule has 68 valence electrons. The predicted octanol–water partition coefficient (Wildman–Crippen LogP) is 3.38. The molecule has 1 atom stereocenters. The summed E-state index contributed by atoms with van der Waals surface area (Å²) in [6.45, 7) is 0. The number of thiophene rings is 1. The zero-order chi connectivity index (χ0) is 9.35. The highest BCUT2D eigenvalue weighted by Crippen LogP contribution is 2.40. The van der Waals surface area contributed by atoms with E-state index in [1.165, 1.54) is 0 Å². The average molecular weight is 278 g/mol. The smallest absolute Gasteiger partial charge is 0.352 e. The van der Waals surface area contributed by atoms with Gasteiger partial charge >= 0.3 is 5.38 Å². The van der Waals surface area contributed by atoms with Gasteiger partial charge in [-0.2, -0.15) is 8.78 Å². The molecule has 0 spiro atoms. The summed E-state index contributed by atoms with van der Waals surface area (Å²) in [6.07, 6.45) is -1.95. The summed E-state index contributed by atoms with van der Waals surface area (Å²) in [4.78, 5) is 0.134. The van der Waals surface area contributed by atoms with Crippen LogP contribution in [0.25, 0.3) is 0 Å². The Morgan fingerprint density at radius 1 is 1.67 bits per heavy atom. The molecule has 0 amide bonds. The molecule has 6 heteroatoms. The third kappa shape index (κ3) is 2.16. The number of halogens is 4. The normalized spacial score (nSPS) is 14.8. The quantitative estimate of drug-likeness (QED) is 0.822. The molecule has 0 aromatic carbocycles. The van der Waals surface area contributed by atoms with Crippen molar-refractivity contribution in [3.63, 3.8) is 0 Å². The lowest BCUT2D eigenvalue weighted by atomic mass is 10.3. The van der Waals surface area contributed by atoms with E-state index < -0.39 is 11.5 Å². The molecular formula is C6H4BrClF2OS. The van der Waals surface area contributed by atoms with Crippen LogP contribution in [0, 0.1) is 0 Å². The molecule has 1 rings (SSSR count). The van der Waals surface area contributed by atoms with Gasteiger partial charge in [0.15, 0.2) is 6.10 Å². The van der Waals surface area contributed by atoms with Crippen molar-refractivity contribution in [1.29, 1.82) is 0 Å². The van der Waals surface area contributed by atoms with Crippen LogP contribution in [0.15, 0.2) is 15.9 Å². The van der Waals surface area contributed by atoms with E-state index in [0.717, 1.165) is 11.3 Å². The van der Waals surface area contributed by atoms with Gasteiger partial charge in [-0.3, -0.25) is 0 Å². The van der Waals surface area contributed by atoms with Gasteiger partial charge < -0.3 is 5.11 Å². The van der Waals surface area contributed by atoms with Crippen molar-refractivity contribution >= 4 is 38.9 Å². The lowest BCUT2D eigenvalue weighted by Gasteiger charge is -2.14. The molecule has 1 N–H and O–H groups in total. The summed E-state index contributed by atoms with van der Waals surface area (Å²) in [5.74, 6) is 0. The summed E-state index contributed by atoms with van der Waals surface area (Å²) in [6, 6.07) is 1.58. The second kappa shape index (κ2) is 3.57. The highest BCUT2D eigenvalue weighted by molar-refractivity contribution is 9.10. The van der Waals surface area contributed by atoms with Gasteiger partial charge in [0.1, 0.15) is 0 Å². The molecular weight excluding hydrogens is 273 g/mol. The van der Waals surface area contributed by atoms with Crippen molar-refractivity contribution in [2.75, 3.05) is 0 Å². The van der Waals surface area contributed by atoms with Crippen LogP contribution in [0.3, 0.4) is 0 Å². The number of aliphatic hydroxyl groups is 1. The van der Waals surface area contributed by atoms with Gasteiger partial charge in [0, 0.05) is 4.47 Å². The fourth-order valence-corrected chi connectivity index (χ4v) is 2.44. The first-order valence-corrected chi connectivity index (χ1v) is 4.95. The van der Waals surface area contributed by atoms with Crippen LogP contribution in [0.1, 0.15) is 11.0 Å². The summed E-state index contributed by atoms with van der Waals surface area (Å²) in [5, 5.41) is 7.00. The van der Waals surface area contributed by atoms with Crippen molar-refractivity contribution < 1.29 is 13.9 Å². The fourth-order valence-electron chi connectivity index (χ4n) is 0.649. The SMILES string of the molecule is OC(c1sccc1Br)C(F)(F)Cl. The Labute approximate surface area is 85.1 Å². The van der Waals surface area contributed by atoms with Crippen LogP contribution >= 0.6 is 38.9 Å². The molecule has 0 bridgehead atoms. The first-order chi connectivity index (χ1) is 5.43. The minimum absolute atomic E-state index is 0.134. The average Bonchev–Trinajstić information content (AvgIpc) is 2.31. The molecule has 0 radical (unpaired) electrons. The van der Waals surface area contributed by atoms with Crippen LogP contribution in [0.5, 0.6) is 0 Å². The predicted molar refractivity (Wildman–Crippen MR) is 47.8 cm³/mol. The molecule has 1 heterocycles. The van der Waals surface area contributed by atoms with E-state index in [2.05, 4.69) is 27.5 Å². The van der Waals surface area contributed by atoms with Crippen molar-refractivity contribution in [3.8, 4) is 0 Å². The Bertz CT molecular complexity index is 273. The third-order valence-electron chi connectivity index (χ3n) is 1.20. The number of hydrogen-bond acceptors (Lipinski definition) is 2. The zero-order valence-electron chi connectivity index (χ0n) is 5.60. The van der Waals surface area contributed by atoms with E-state index in [4.69, 9.17) is 5.11 Å². The van der Waals surface area contributed by atoms with E-state index in [-0.39, 0.29) is 4.88 Å². The number of rotatable bonds is 2. The van der Waals surface area contributed by atoms with E-state index in [9.17, 15) is 8.78 Å². The minimum atomic E-state index is -3.62. The monoisotopic (exact) mass is 276 g/mol. The Balaban J connectivity index is 2.92. The molecule has 0 saturated carbocycles. The molecule has 1 aromatic heterocycles. The van der Waals surface area contributed by atoms with Gasteiger partial charge in [-0.15, -0.1) is 11.3 Å². The lowest BCUT2D eigenvalue weighted by molar-refractivity contribution is -0.0409. The highest BCUT2D eigenvalue weighted by Gasteiger charge is 2.38. The van der Waals surface area contributed by atoms with Gasteiger partial charge in [-0.25, -0.2) is 0 Å². The van der Waals surface area contributed by atoms with E-state index in [1.807, 2.05) is 0 Å². The van der Waals surface area contributed by atoms with Crippen molar-refractivity contribution in [2.45, 2.75) is 11.5 Å². The Hall–Kier alpha value is 0.290. The second-order valence-electron chi connectivity index (χ2n) is 2.08. The summed E-state index contributed by atoms with van der Waals surface area (Å²) >= 11 is 8.69. The topological polar surface area (TPSA) is 20.2 Å². The molecule has 0 aliphatic carbocycles. The maximum absolute atomic E-state index is 12.4. The lowest BCUT2D eigenvalue weighted by Crippen LogP contribution is -2.18. The first kappa shape index (κ1) is 10.4. The standard InChI is InChI=1S/C6H4BrClF2OS/c7-3-1-2-12-4(3)5(11)6(8,9)10/h1-2,5,11H. The maximum atomic E-state index is 12.4. The van der Waals surface area contributed by atoms with Crippen LogP contribution in [-0.2, 0) is 0 Å². The van der Waals surface area contributed by atoms with E-state index in [0.29, 0.717) is 4.47 Å². The first-order valence-electron chi connectivity index (χ1n) is 2.90. The van der Waals surface area contributed by atoms with Gasteiger partial charge in [0.25, 0.3) is 0 Å². The van der Waals surface area contributed by atoms with Gasteiger partial charge in [0.2, 0.25) is 0 Å². The van der Waals surface area contributed by atoms with Crippen LogP contribution in [-0.4, -0.2) is 10.5 Å². The molecule has 1 aromatic rings. The molecule has 12 heavy (non-hydrogen) atoms. The van der Waals surface area contributed by atoms with Crippen molar-refractivity contribution in [3.05, 3.63) is 20.8 Å². The zero-order valence-corrected chi connectivity index (χ0v) is 8.76. The number of aliphatic hydroxyl groups excluding tert-OH is 1. The van der Waals surface area contributed by atoms with E-state index in [1.54, 1.807) is 11.4 Å². The Morgan fingerprint density at radius 2 is 2.25 bits per heavy atom. The molecule has 1 unspecified atom stereocenters. The molecule has 0 aliphatic rings. The number of hydrogen-bond donors (Lipinski definition) is 1. The van der Waals surface area contributed by atoms with Gasteiger partial charge in [-0.1, -0.05) is 0 Å². The van der Waals surface area contributed by atoms with Crippen molar-refractivity contribution in [1.82, 2.24) is 0 Å². The highest BCUT2D eigenvalue weighted by atomic mass is 79.9. The molecule has 1 nitrogen and oxygen atoms in total. The maximum Gasteiger partial charge on any atom is 0.352 e. The van der Waals surface area contributed by atoms with Crippen LogP contribution in [0.2, 0.25) is 0 Å². The largest absolute Gasteiger partial charge is 0.380 e.